The van der Waals surface area contributed by atoms with Crippen molar-refractivity contribution in [1.29, 1.82) is 0 Å². The molecule has 4 nitrogen and oxygen atoms in total. The Balaban J connectivity index is 2.09. The SMILES string of the molecule is Cn1cnc(C(=O)N2CCC(Cl)C2)c1. The average molecular weight is 214 g/mol. The molecule has 1 aromatic rings. The number of likely N-dealkylation sites (tertiary alicyclic amines) is 1. The van der Waals surface area contributed by atoms with Gasteiger partial charge in [-0.1, -0.05) is 0 Å². The van der Waals surface area contributed by atoms with Gasteiger partial charge in [-0.25, -0.2) is 4.98 Å². The minimum absolute atomic E-state index is 0.0197. The third-order valence-corrected chi connectivity index (χ3v) is 2.70. The largest absolute Gasteiger partial charge is 0.340 e. The molecule has 1 atom stereocenters. The zero-order valence-electron chi connectivity index (χ0n) is 7.98. The van der Waals surface area contributed by atoms with Crippen molar-refractivity contribution in [3.8, 4) is 0 Å². The number of hydrogen-bond acceptors (Lipinski definition) is 2. The normalized spacial score (nSPS) is 21.6. The molecule has 0 spiro atoms. The zero-order chi connectivity index (χ0) is 10.1. The number of carbonyl (C=O) groups is 1. The fourth-order valence-electron chi connectivity index (χ4n) is 1.59. The summed E-state index contributed by atoms with van der Waals surface area (Å²) in [7, 11) is 1.85. The van der Waals surface area contributed by atoms with Gasteiger partial charge in [0.25, 0.3) is 5.91 Å². The second-order valence-corrected chi connectivity index (χ2v) is 4.18. The zero-order valence-corrected chi connectivity index (χ0v) is 8.74. The van der Waals surface area contributed by atoms with E-state index in [9.17, 15) is 4.79 Å². The van der Waals surface area contributed by atoms with Crippen LogP contribution < -0.4 is 0 Å². The van der Waals surface area contributed by atoms with Crippen molar-refractivity contribution in [1.82, 2.24) is 14.5 Å². The summed E-state index contributed by atoms with van der Waals surface area (Å²) in [6.07, 6.45) is 4.23. The molecule has 1 aliphatic rings. The number of nitrogens with zero attached hydrogens (tertiary/aromatic N) is 3. The summed E-state index contributed by atoms with van der Waals surface area (Å²) in [5.74, 6) is -0.0197. The van der Waals surface area contributed by atoms with Gasteiger partial charge in [0.1, 0.15) is 5.69 Å². The van der Waals surface area contributed by atoms with Gasteiger partial charge >= 0.3 is 0 Å². The van der Waals surface area contributed by atoms with Crippen LogP contribution in [0.4, 0.5) is 0 Å². The van der Waals surface area contributed by atoms with E-state index in [2.05, 4.69) is 4.98 Å². The predicted octanol–water partition coefficient (Wildman–Crippen LogP) is 0.873. The number of hydrogen-bond donors (Lipinski definition) is 0. The number of amides is 1. The minimum Gasteiger partial charge on any atom is -0.340 e. The molecular weight excluding hydrogens is 202 g/mol. The van der Waals surface area contributed by atoms with Crippen LogP contribution in [0.2, 0.25) is 0 Å². The Labute approximate surface area is 87.5 Å². The van der Waals surface area contributed by atoms with Crippen LogP contribution in [0.25, 0.3) is 0 Å². The first-order chi connectivity index (χ1) is 6.66. The van der Waals surface area contributed by atoms with E-state index in [-0.39, 0.29) is 11.3 Å². The van der Waals surface area contributed by atoms with E-state index in [4.69, 9.17) is 11.6 Å². The molecule has 1 aromatic heterocycles. The van der Waals surface area contributed by atoms with Crippen LogP contribution in [0.15, 0.2) is 12.5 Å². The Bertz CT molecular complexity index is 350. The first-order valence-corrected chi connectivity index (χ1v) is 5.02. The maximum Gasteiger partial charge on any atom is 0.274 e. The van der Waals surface area contributed by atoms with Crippen LogP contribution in [-0.2, 0) is 7.05 Å². The minimum atomic E-state index is -0.0197. The lowest BCUT2D eigenvalue weighted by Crippen LogP contribution is -2.29. The van der Waals surface area contributed by atoms with Crippen molar-refractivity contribution < 1.29 is 4.79 Å². The van der Waals surface area contributed by atoms with Gasteiger partial charge in [0.05, 0.1) is 11.7 Å². The van der Waals surface area contributed by atoms with Crippen LogP contribution in [0.5, 0.6) is 0 Å². The van der Waals surface area contributed by atoms with E-state index in [0.29, 0.717) is 12.2 Å². The molecule has 1 aliphatic heterocycles. The van der Waals surface area contributed by atoms with Gasteiger partial charge in [-0.3, -0.25) is 4.79 Å². The van der Waals surface area contributed by atoms with Crippen molar-refractivity contribution in [3.05, 3.63) is 18.2 Å². The summed E-state index contributed by atoms with van der Waals surface area (Å²) < 4.78 is 1.77. The molecule has 0 N–H and O–H groups in total. The summed E-state index contributed by atoms with van der Waals surface area (Å²) in [5.41, 5.74) is 0.498. The van der Waals surface area contributed by atoms with Crippen molar-refractivity contribution in [3.63, 3.8) is 0 Å². The lowest BCUT2D eigenvalue weighted by atomic mass is 10.4. The fraction of sp³-hybridized carbons (Fsp3) is 0.556. The standard InChI is InChI=1S/C9H12ClN3O/c1-12-5-8(11-6-12)9(14)13-3-2-7(10)4-13/h5-7H,2-4H2,1H3. The maximum atomic E-state index is 11.8. The molecule has 1 saturated heterocycles. The third kappa shape index (κ3) is 1.75. The number of imidazole rings is 1. The smallest absolute Gasteiger partial charge is 0.274 e. The molecule has 0 aliphatic carbocycles. The van der Waals surface area contributed by atoms with Gasteiger partial charge in [-0.05, 0) is 6.42 Å². The van der Waals surface area contributed by atoms with Gasteiger partial charge in [-0.2, -0.15) is 0 Å². The van der Waals surface area contributed by atoms with E-state index in [1.165, 1.54) is 0 Å². The van der Waals surface area contributed by atoms with Gasteiger partial charge in [0.2, 0.25) is 0 Å². The number of alkyl halides is 1. The summed E-state index contributed by atoms with van der Waals surface area (Å²) in [5, 5.41) is 0.0997. The number of aromatic nitrogens is 2. The van der Waals surface area contributed by atoms with Gasteiger partial charge in [0.15, 0.2) is 0 Å². The van der Waals surface area contributed by atoms with E-state index in [1.807, 2.05) is 7.05 Å². The summed E-state index contributed by atoms with van der Waals surface area (Å²) in [6.45, 7) is 1.38. The fourth-order valence-corrected chi connectivity index (χ4v) is 1.85. The maximum absolute atomic E-state index is 11.8. The van der Waals surface area contributed by atoms with Gasteiger partial charge < -0.3 is 9.47 Å². The monoisotopic (exact) mass is 213 g/mol. The molecular formula is C9H12ClN3O. The first-order valence-electron chi connectivity index (χ1n) is 4.58. The van der Waals surface area contributed by atoms with Gasteiger partial charge in [-0.15, -0.1) is 11.6 Å². The average Bonchev–Trinajstić information content (AvgIpc) is 2.73. The molecule has 1 fully saturated rings. The first kappa shape index (κ1) is 9.52. The molecule has 0 saturated carbocycles. The Morgan fingerprint density at radius 1 is 1.71 bits per heavy atom. The highest BCUT2D eigenvalue weighted by atomic mass is 35.5. The Morgan fingerprint density at radius 2 is 2.50 bits per heavy atom. The summed E-state index contributed by atoms with van der Waals surface area (Å²) >= 11 is 5.92. The Kier molecular flexibility index (Phi) is 2.46. The molecule has 2 rings (SSSR count). The topological polar surface area (TPSA) is 38.1 Å². The molecule has 14 heavy (non-hydrogen) atoms. The van der Waals surface area contributed by atoms with Crippen LogP contribution in [-0.4, -0.2) is 38.8 Å². The molecule has 1 unspecified atom stereocenters. The highest BCUT2D eigenvalue weighted by Crippen LogP contribution is 2.16. The second-order valence-electron chi connectivity index (χ2n) is 3.56. The van der Waals surface area contributed by atoms with Crippen LogP contribution in [0.1, 0.15) is 16.9 Å². The van der Waals surface area contributed by atoms with Gasteiger partial charge in [0, 0.05) is 26.3 Å². The van der Waals surface area contributed by atoms with E-state index < -0.39 is 0 Å². The third-order valence-electron chi connectivity index (χ3n) is 2.34. The van der Waals surface area contributed by atoms with Crippen molar-refractivity contribution in [2.24, 2.45) is 7.05 Å². The highest BCUT2D eigenvalue weighted by molar-refractivity contribution is 6.21. The second kappa shape index (κ2) is 3.61. The van der Waals surface area contributed by atoms with Crippen LogP contribution in [0.3, 0.4) is 0 Å². The van der Waals surface area contributed by atoms with Crippen molar-refractivity contribution in [2.45, 2.75) is 11.8 Å². The van der Waals surface area contributed by atoms with Crippen LogP contribution >= 0.6 is 11.6 Å². The quantitative estimate of drug-likeness (QED) is 0.650. The highest BCUT2D eigenvalue weighted by Gasteiger charge is 2.26. The number of halogens is 1. The number of carbonyl (C=O) groups excluding carboxylic acids is 1. The summed E-state index contributed by atoms with van der Waals surface area (Å²) in [4.78, 5) is 17.6. The lowest BCUT2D eigenvalue weighted by molar-refractivity contribution is 0.0788. The lowest BCUT2D eigenvalue weighted by Gasteiger charge is -2.13. The van der Waals surface area contributed by atoms with Crippen molar-refractivity contribution >= 4 is 17.5 Å². The Hall–Kier alpha value is -1.03. The molecule has 5 heteroatoms. The predicted molar refractivity (Wildman–Crippen MR) is 53.4 cm³/mol. The molecule has 0 radical (unpaired) electrons. The number of aryl methyl sites for hydroxylation is 1. The molecule has 0 bridgehead atoms. The molecule has 76 valence electrons. The molecule has 2 heterocycles. The van der Waals surface area contributed by atoms with Crippen molar-refractivity contribution in [2.75, 3.05) is 13.1 Å². The van der Waals surface area contributed by atoms with E-state index in [0.717, 1.165) is 13.0 Å². The van der Waals surface area contributed by atoms with E-state index in [1.54, 1.807) is 22.0 Å². The molecule has 1 amide bonds. The molecule has 0 aromatic carbocycles. The van der Waals surface area contributed by atoms with E-state index >= 15 is 0 Å². The summed E-state index contributed by atoms with van der Waals surface area (Å²) in [6, 6.07) is 0. The van der Waals surface area contributed by atoms with Crippen LogP contribution in [0, 0.1) is 0 Å². The Morgan fingerprint density at radius 3 is 3.00 bits per heavy atom. The number of rotatable bonds is 1.